The van der Waals surface area contributed by atoms with Gasteiger partial charge in [0, 0.05) is 12.6 Å². The fourth-order valence-electron chi connectivity index (χ4n) is 4.95. The summed E-state index contributed by atoms with van der Waals surface area (Å²) in [7, 11) is 0. The first-order valence-corrected chi connectivity index (χ1v) is 10.8. The first kappa shape index (κ1) is 20.6. The Morgan fingerprint density at radius 2 is 1.67 bits per heavy atom. The van der Waals surface area contributed by atoms with Crippen LogP contribution in [0.4, 0.5) is 4.39 Å². The van der Waals surface area contributed by atoms with Crippen LogP contribution in [0.2, 0.25) is 0 Å². The Morgan fingerprint density at radius 1 is 0.967 bits per heavy atom. The summed E-state index contributed by atoms with van der Waals surface area (Å²) in [5.74, 6) is 0.416. The minimum absolute atomic E-state index is 0.0527. The molecule has 2 aromatic carbocycles. The zero-order chi connectivity index (χ0) is 21.3. The van der Waals surface area contributed by atoms with Crippen LogP contribution < -0.4 is 0 Å². The molecule has 1 aliphatic carbocycles. The highest BCUT2D eigenvalue weighted by Crippen LogP contribution is 2.37. The van der Waals surface area contributed by atoms with Gasteiger partial charge in [-0.2, -0.15) is 0 Å². The van der Waals surface area contributed by atoms with E-state index in [9.17, 15) is 14.0 Å². The van der Waals surface area contributed by atoms with Crippen LogP contribution in [0.5, 0.6) is 0 Å². The maximum atomic E-state index is 13.7. The summed E-state index contributed by atoms with van der Waals surface area (Å²) in [5.41, 5.74) is 1.63. The normalized spacial score (nSPS) is 27.4. The van der Waals surface area contributed by atoms with E-state index in [4.69, 9.17) is 0 Å². The molecule has 0 bridgehead atoms. The van der Waals surface area contributed by atoms with Gasteiger partial charge in [-0.05, 0) is 41.5 Å². The molecule has 158 valence electrons. The van der Waals surface area contributed by atoms with Crippen LogP contribution in [0, 0.1) is 17.7 Å². The number of hydrogen-bond donors (Lipinski definition) is 0. The summed E-state index contributed by atoms with van der Waals surface area (Å²) in [6.07, 6.45) is 3.16. The molecule has 2 aliphatic rings. The highest BCUT2D eigenvalue weighted by molar-refractivity contribution is 5.95. The van der Waals surface area contributed by atoms with Crippen molar-refractivity contribution < 1.29 is 14.0 Å². The third-order valence-electron chi connectivity index (χ3n) is 6.90. The molecule has 2 fully saturated rings. The van der Waals surface area contributed by atoms with Crippen molar-refractivity contribution in [3.63, 3.8) is 0 Å². The van der Waals surface area contributed by atoms with Crippen molar-refractivity contribution >= 4 is 11.8 Å². The van der Waals surface area contributed by atoms with E-state index in [0.29, 0.717) is 23.9 Å². The quantitative estimate of drug-likeness (QED) is 0.744. The molecule has 1 aliphatic heterocycles. The second kappa shape index (κ2) is 8.58. The van der Waals surface area contributed by atoms with Crippen LogP contribution >= 0.6 is 0 Å². The van der Waals surface area contributed by atoms with E-state index >= 15 is 0 Å². The lowest BCUT2D eigenvalue weighted by molar-refractivity contribution is -0.161. The number of halogens is 1. The van der Waals surface area contributed by atoms with Gasteiger partial charge in [-0.3, -0.25) is 9.59 Å². The topological polar surface area (TPSA) is 40.6 Å². The van der Waals surface area contributed by atoms with Crippen molar-refractivity contribution in [3.8, 4) is 0 Å². The highest BCUT2D eigenvalue weighted by atomic mass is 19.1. The Hall–Kier alpha value is -2.69. The van der Waals surface area contributed by atoms with Gasteiger partial charge >= 0.3 is 0 Å². The Balaban J connectivity index is 1.69. The Kier molecular flexibility index (Phi) is 5.89. The second-order valence-electron chi connectivity index (χ2n) is 8.76. The van der Waals surface area contributed by atoms with E-state index in [1.807, 2.05) is 30.3 Å². The van der Waals surface area contributed by atoms with Crippen molar-refractivity contribution in [1.82, 2.24) is 9.80 Å². The maximum Gasteiger partial charge on any atom is 0.250 e. The molecule has 30 heavy (non-hydrogen) atoms. The zero-order valence-electron chi connectivity index (χ0n) is 17.6. The fourth-order valence-corrected chi connectivity index (χ4v) is 4.95. The number of amides is 2. The summed E-state index contributed by atoms with van der Waals surface area (Å²) < 4.78 is 13.6. The van der Waals surface area contributed by atoms with Crippen LogP contribution in [0.1, 0.15) is 50.3 Å². The minimum atomic E-state index is -0.725. The second-order valence-corrected chi connectivity index (χ2v) is 8.76. The van der Waals surface area contributed by atoms with Gasteiger partial charge in [-0.25, -0.2) is 4.39 Å². The van der Waals surface area contributed by atoms with Gasteiger partial charge in [0.25, 0.3) is 5.91 Å². The summed E-state index contributed by atoms with van der Waals surface area (Å²) in [6.45, 7) is 4.89. The Morgan fingerprint density at radius 3 is 2.37 bits per heavy atom. The van der Waals surface area contributed by atoms with Gasteiger partial charge in [-0.15, -0.1) is 0 Å². The van der Waals surface area contributed by atoms with E-state index in [1.54, 1.807) is 21.9 Å². The number of carbonyl (C=O) groups is 2. The molecule has 4 rings (SSSR count). The lowest BCUT2D eigenvalue weighted by atomic mass is 9.76. The smallest absolute Gasteiger partial charge is 0.250 e. The summed E-state index contributed by atoms with van der Waals surface area (Å²) in [6, 6.07) is 15.0. The molecular formula is C25H29FN2O2. The van der Waals surface area contributed by atoms with Crippen LogP contribution in [0.25, 0.3) is 0 Å². The molecule has 2 aromatic rings. The van der Waals surface area contributed by atoms with Gasteiger partial charge in [0.1, 0.15) is 18.4 Å². The molecule has 2 amide bonds. The number of carbonyl (C=O) groups excluding carboxylic acids is 2. The molecule has 4 atom stereocenters. The lowest BCUT2D eigenvalue weighted by Gasteiger charge is -2.47. The number of rotatable bonds is 4. The Labute approximate surface area is 177 Å². The molecule has 4 unspecified atom stereocenters. The van der Waals surface area contributed by atoms with Crippen molar-refractivity contribution in [3.05, 3.63) is 71.5 Å². The van der Waals surface area contributed by atoms with Crippen molar-refractivity contribution in [2.24, 2.45) is 11.8 Å². The first-order valence-electron chi connectivity index (χ1n) is 10.8. The van der Waals surface area contributed by atoms with E-state index in [2.05, 4.69) is 13.8 Å². The zero-order valence-corrected chi connectivity index (χ0v) is 17.6. The van der Waals surface area contributed by atoms with Crippen molar-refractivity contribution in [1.29, 1.82) is 0 Å². The third kappa shape index (κ3) is 3.98. The fraction of sp³-hybridized carbons (Fsp3) is 0.440. The molecule has 5 heteroatoms. The molecule has 4 nitrogen and oxygen atoms in total. The molecule has 1 heterocycles. The average molecular weight is 409 g/mol. The monoisotopic (exact) mass is 408 g/mol. The van der Waals surface area contributed by atoms with Gasteiger partial charge in [0.05, 0.1) is 0 Å². The Bertz CT molecular complexity index is 899. The third-order valence-corrected chi connectivity index (χ3v) is 6.90. The largest absolute Gasteiger partial charge is 0.328 e. The highest BCUT2D eigenvalue weighted by Gasteiger charge is 2.45. The molecule has 0 spiro atoms. The molecule has 0 N–H and O–H groups in total. The van der Waals surface area contributed by atoms with Crippen molar-refractivity contribution in [2.45, 2.75) is 51.7 Å². The van der Waals surface area contributed by atoms with Crippen LogP contribution in [0.15, 0.2) is 54.6 Å². The van der Waals surface area contributed by atoms with Gasteiger partial charge in [0.2, 0.25) is 5.91 Å². The van der Waals surface area contributed by atoms with Gasteiger partial charge < -0.3 is 9.80 Å². The summed E-state index contributed by atoms with van der Waals surface area (Å²) >= 11 is 0. The van der Waals surface area contributed by atoms with E-state index in [1.165, 1.54) is 12.1 Å². The van der Waals surface area contributed by atoms with Crippen molar-refractivity contribution in [2.75, 3.05) is 6.54 Å². The molecule has 1 saturated heterocycles. The molecular weight excluding hydrogens is 379 g/mol. The molecule has 1 saturated carbocycles. The van der Waals surface area contributed by atoms with E-state index in [0.717, 1.165) is 24.8 Å². The van der Waals surface area contributed by atoms with E-state index in [-0.39, 0.29) is 30.2 Å². The minimum Gasteiger partial charge on any atom is -0.328 e. The SMILES string of the molecule is CC1CCCC(N2CC(=O)N(Cc3ccccc3)C(c3ccc(F)cc3)C2=O)C1C. The number of nitrogens with zero attached hydrogens (tertiary/aromatic N) is 2. The van der Waals surface area contributed by atoms with E-state index < -0.39 is 6.04 Å². The number of benzene rings is 2. The van der Waals surface area contributed by atoms with Crippen LogP contribution in [-0.4, -0.2) is 34.2 Å². The molecule has 0 aromatic heterocycles. The van der Waals surface area contributed by atoms with Crippen LogP contribution in [0.3, 0.4) is 0 Å². The standard InChI is InChI=1S/C25H29FN2O2/c1-17-7-6-10-22(18(17)2)27-16-23(29)28(15-19-8-4-3-5-9-19)24(25(27)30)20-11-13-21(26)14-12-20/h3-5,8-9,11-14,17-18,22,24H,6-7,10,15-16H2,1-2H3. The summed E-state index contributed by atoms with van der Waals surface area (Å²) in [5, 5.41) is 0. The molecule has 0 radical (unpaired) electrons. The number of hydrogen-bond acceptors (Lipinski definition) is 2. The lowest BCUT2D eigenvalue weighted by Crippen LogP contribution is -2.60. The van der Waals surface area contributed by atoms with Gasteiger partial charge in [-0.1, -0.05) is 69.2 Å². The predicted molar refractivity (Wildman–Crippen MR) is 114 cm³/mol. The van der Waals surface area contributed by atoms with Crippen LogP contribution in [-0.2, 0) is 16.1 Å². The predicted octanol–water partition coefficient (Wildman–Crippen LogP) is 4.56. The first-order chi connectivity index (χ1) is 14.5. The average Bonchev–Trinajstić information content (AvgIpc) is 2.75. The summed E-state index contributed by atoms with van der Waals surface area (Å²) in [4.78, 5) is 30.5. The number of piperazine rings is 1. The maximum absolute atomic E-state index is 13.7. The van der Waals surface area contributed by atoms with Gasteiger partial charge in [0.15, 0.2) is 0 Å².